The third-order valence-electron chi connectivity index (χ3n) is 1.10. The molecule has 0 atom stereocenters. The van der Waals surface area contributed by atoms with Crippen LogP contribution in [-0.4, -0.2) is 20.1 Å². The smallest absolute Gasteiger partial charge is 0.349 e. The average Bonchev–Trinajstić information content (AvgIpc) is 1.84. The van der Waals surface area contributed by atoms with Crippen LogP contribution in [-0.2, 0) is 7.05 Å². The first-order valence-electron chi connectivity index (χ1n) is 2.63. The molecule has 0 aromatic carbocycles. The normalized spacial score (nSPS) is 8.82. The molecule has 0 fully saturated rings. The van der Waals surface area contributed by atoms with Crippen molar-refractivity contribution in [1.29, 1.82) is 0 Å². The summed E-state index contributed by atoms with van der Waals surface area (Å²) in [5.41, 5.74) is 4.64. The molecular weight excluding hydrogens is 150 g/mol. The van der Waals surface area contributed by atoms with Crippen LogP contribution in [0.5, 0.6) is 5.75 Å². The summed E-state index contributed by atoms with van der Waals surface area (Å²) in [5, 5.41) is 8.88. The Kier molecular flexibility index (Phi) is 2.59. The number of hydrogen-bond donors (Lipinski definition) is 2. The van der Waals surface area contributed by atoms with E-state index in [9.17, 15) is 4.79 Å². The highest BCUT2D eigenvalue weighted by molar-refractivity contribution is 5.41. The van der Waals surface area contributed by atoms with E-state index in [1.165, 1.54) is 13.2 Å². The number of aryl methyl sites for hydroxylation is 1. The summed E-state index contributed by atoms with van der Waals surface area (Å²) in [7, 11) is 1.48. The molecule has 0 saturated carbocycles. The molecule has 62 valence electrons. The van der Waals surface area contributed by atoms with Crippen LogP contribution in [0.15, 0.2) is 11.0 Å². The maximum Gasteiger partial charge on any atom is 0.349 e. The fourth-order valence-electron chi connectivity index (χ4n) is 0.544. The van der Waals surface area contributed by atoms with E-state index in [-0.39, 0.29) is 17.0 Å². The maximum absolute atomic E-state index is 10.7. The zero-order valence-electron chi connectivity index (χ0n) is 5.90. The molecule has 0 saturated heterocycles. The van der Waals surface area contributed by atoms with E-state index in [0.29, 0.717) is 0 Å². The number of nitrogens with two attached hydrogens (primary N) is 1. The van der Waals surface area contributed by atoms with Gasteiger partial charge < -0.3 is 16.3 Å². The minimum Gasteiger partial charge on any atom is -0.503 e. The third kappa shape index (κ3) is 1.68. The van der Waals surface area contributed by atoms with Crippen molar-refractivity contribution < 1.29 is 10.6 Å². The van der Waals surface area contributed by atoms with E-state index >= 15 is 0 Å². The Hall–Kier alpha value is -1.56. The fourth-order valence-corrected chi connectivity index (χ4v) is 0.544. The summed E-state index contributed by atoms with van der Waals surface area (Å²) < 4.78 is 1.14. The van der Waals surface area contributed by atoms with Crippen molar-refractivity contribution >= 4 is 5.82 Å². The molecule has 11 heavy (non-hydrogen) atoms. The van der Waals surface area contributed by atoms with Crippen molar-refractivity contribution in [2.24, 2.45) is 7.05 Å². The first-order valence-corrected chi connectivity index (χ1v) is 2.63. The molecule has 5 N–H and O–H groups in total. The van der Waals surface area contributed by atoms with Gasteiger partial charge in [-0.3, -0.25) is 4.57 Å². The zero-order valence-corrected chi connectivity index (χ0v) is 5.90. The number of nitrogen functional groups attached to an aromatic ring is 1. The molecule has 1 rings (SSSR count). The van der Waals surface area contributed by atoms with Crippen LogP contribution >= 0.6 is 0 Å². The van der Waals surface area contributed by atoms with Gasteiger partial charge in [-0.15, -0.1) is 0 Å². The van der Waals surface area contributed by atoms with Crippen molar-refractivity contribution in [3.63, 3.8) is 0 Å². The molecule has 6 nitrogen and oxygen atoms in total. The predicted molar refractivity (Wildman–Crippen MR) is 39.2 cm³/mol. The van der Waals surface area contributed by atoms with E-state index in [1.807, 2.05) is 0 Å². The van der Waals surface area contributed by atoms with Gasteiger partial charge in [-0.25, -0.2) is 4.79 Å². The van der Waals surface area contributed by atoms with Crippen molar-refractivity contribution in [3.05, 3.63) is 16.7 Å². The average molecular weight is 159 g/mol. The molecule has 0 unspecified atom stereocenters. The number of aromatic hydroxyl groups is 1. The molecular formula is C5H9N3O3. The predicted octanol–water partition coefficient (Wildman–Crippen LogP) is -1.76. The van der Waals surface area contributed by atoms with Gasteiger partial charge in [0.25, 0.3) is 0 Å². The minimum absolute atomic E-state index is 0. The Balaban J connectivity index is 0.000001000. The summed E-state index contributed by atoms with van der Waals surface area (Å²) in [6.45, 7) is 0. The number of aromatic nitrogens is 2. The summed E-state index contributed by atoms with van der Waals surface area (Å²) >= 11 is 0. The molecule has 1 aromatic rings. The second-order valence-electron chi connectivity index (χ2n) is 1.90. The van der Waals surface area contributed by atoms with Crippen LogP contribution in [0.25, 0.3) is 0 Å². The van der Waals surface area contributed by atoms with Crippen LogP contribution in [0, 0.1) is 0 Å². The van der Waals surface area contributed by atoms with Crippen LogP contribution < -0.4 is 11.4 Å². The first kappa shape index (κ1) is 9.44. The Morgan fingerprint density at radius 3 is 2.73 bits per heavy atom. The van der Waals surface area contributed by atoms with Crippen molar-refractivity contribution in [1.82, 2.24) is 9.55 Å². The van der Waals surface area contributed by atoms with Gasteiger partial charge in [0.15, 0.2) is 11.6 Å². The van der Waals surface area contributed by atoms with Crippen molar-refractivity contribution in [2.75, 3.05) is 5.73 Å². The number of hydrogen-bond acceptors (Lipinski definition) is 4. The molecule has 0 aliphatic heterocycles. The van der Waals surface area contributed by atoms with Crippen LogP contribution in [0.1, 0.15) is 0 Å². The standard InChI is InChI=1S/C5H7N3O2.H2O/c1-8-2-3(9)4(6)7-5(8)10;/h2,9H,1H3,(H2,6,7,10);1H2. The Bertz CT molecular complexity index is 306. The largest absolute Gasteiger partial charge is 0.503 e. The van der Waals surface area contributed by atoms with Crippen LogP contribution in [0.4, 0.5) is 5.82 Å². The van der Waals surface area contributed by atoms with Gasteiger partial charge in [-0.1, -0.05) is 0 Å². The molecule has 0 radical (unpaired) electrons. The molecule has 0 spiro atoms. The number of rotatable bonds is 0. The Morgan fingerprint density at radius 2 is 2.27 bits per heavy atom. The second-order valence-corrected chi connectivity index (χ2v) is 1.90. The van der Waals surface area contributed by atoms with Gasteiger partial charge in [0, 0.05) is 7.05 Å². The maximum atomic E-state index is 10.7. The lowest BCUT2D eigenvalue weighted by Gasteiger charge is -1.98. The summed E-state index contributed by atoms with van der Waals surface area (Å²) in [5.74, 6) is -0.315. The zero-order chi connectivity index (χ0) is 7.72. The molecule has 0 amide bonds. The summed E-state index contributed by atoms with van der Waals surface area (Å²) in [4.78, 5) is 14.0. The van der Waals surface area contributed by atoms with Gasteiger partial charge in [-0.2, -0.15) is 4.98 Å². The molecule has 0 aliphatic carbocycles. The molecule has 1 heterocycles. The Labute approximate surface area is 62.2 Å². The van der Waals surface area contributed by atoms with E-state index in [4.69, 9.17) is 10.8 Å². The molecule has 6 heteroatoms. The lowest BCUT2D eigenvalue weighted by atomic mass is 10.5. The monoisotopic (exact) mass is 159 g/mol. The quantitative estimate of drug-likeness (QED) is 0.467. The molecule has 1 aromatic heterocycles. The van der Waals surface area contributed by atoms with Crippen LogP contribution in [0.3, 0.4) is 0 Å². The highest BCUT2D eigenvalue weighted by atomic mass is 16.3. The van der Waals surface area contributed by atoms with Crippen LogP contribution in [0.2, 0.25) is 0 Å². The fraction of sp³-hybridized carbons (Fsp3) is 0.200. The summed E-state index contributed by atoms with van der Waals surface area (Å²) in [6.07, 6.45) is 1.21. The minimum atomic E-state index is -0.477. The first-order chi connectivity index (χ1) is 4.61. The number of nitrogens with zero attached hydrogens (tertiary/aromatic N) is 2. The van der Waals surface area contributed by atoms with Gasteiger partial charge in [0.1, 0.15) is 0 Å². The third-order valence-corrected chi connectivity index (χ3v) is 1.10. The molecule has 0 aliphatic rings. The van der Waals surface area contributed by atoms with E-state index in [2.05, 4.69) is 4.98 Å². The second kappa shape index (κ2) is 3.02. The van der Waals surface area contributed by atoms with Crippen molar-refractivity contribution in [2.45, 2.75) is 0 Å². The lowest BCUT2D eigenvalue weighted by Crippen LogP contribution is -2.20. The van der Waals surface area contributed by atoms with Gasteiger partial charge in [0.05, 0.1) is 6.20 Å². The van der Waals surface area contributed by atoms with E-state index in [0.717, 1.165) is 4.57 Å². The number of anilines is 1. The SMILES string of the molecule is Cn1cc(O)c(N)nc1=O.O. The van der Waals surface area contributed by atoms with Gasteiger partial charge in [0.2, 0.25) is 0 Å². The van der Waals surface area contributed by atoms with Crippen molar-refractivity contribution in [3.8, 4) is 5.75 Å². The molecule has 0 bridgehead atoms. The van der Waals surface area contributed by atoms with Gasteiger partial charge in [-0.05, 0) is 0 Å². The topological polar surface area (TPSA) is 113 Å². The highest BCUT2D eigenvalue weighted by Gasteiger charge is 1.98. The van der Waals surface area contributed by atoms with Gasteiger partial charge >= 0.3 is 5.69 Å². The Morgan fingerprint density at radius 1 is 1.73 bits per heavy atom. The lowest BCUT2D eigenvalue weighted by molar-refractivity contribution is 0.466. The highest BCUT2D eigenvalue weighted by Crippen LogP contribution is 2.10. The summed E-state index contributed by atoms with van der Waals surface area (Å²) in [6, 6.07) is 0. The van der Waals surface area contributed by atoms with E-state index < -0.39 is 5.69 Å². The van der Waals surface area contributed by atoms with E-state index in [1.54, 1.807) is 0 Å².